The monoisotopic (exact) mass is 312 g/mol. The van der Waals surface area contributed by atoms with E-state index in [1.807, 2.05) is 6.07 Å². The quantitative estimate of drug-likeness (QED) is 0.846. The highest BCUT2D eigenvalue weighted by Gasteiger charge is 2.50. The van der Waals surface area contributed by atoms with Gasteiger partial charge in [0.25, 0.3) is 0 Å². The molecule has 1 aromatic carbocycles. The number of amides is 1. The molecule has 0 unspecified atom stereocenters. The lowest BCUT2D eigenvalue weighted by Gasteiger charge is -2.53. The number of carbonyl (C=O) groups excluding carboxylic acids is 1. The van der Waals surface area contributed by atoms with Crippen LogP contribution in [0.25, 0.3) is 0 Å². The van der Waals surface area contributed by atoms with Gasteiger partial charge in [0.2, 0.25) is 5.91 Å². The zero-order valence-corrected chi connectivity index (χ0v) is 14.1. The molecule has 0 spiro atoms. The molecule has 23 heavy (non-hydrogen) atoms. The first kappa shape index (κ1) is 15.2. The highest BCUT2D eigenvalue weighted by atomic mass is 16.2. The summed E-state index contributed by atoms with van der Waals surface area (Å²) in [7, 11) is 2.07. The molecule has 1 aromatic rings. The van der Waals surface area contributed by atoms with Crippen molar-refractivity contribution in [3.05, 3.63) is 35.9 Å². The van der Waals surface area contributed by atoms with Gasteiger partial charge < -0.3 is 5.32 Å². The van der Waals surface area contributed by atoms with Gasteiger partial charge in [-0.15, -0.1) is 0 Å². The molecule has 4 fully saturated rings. The molecule has 3 heteroatoms. The van der Waals surface area contributed by atoms with Crippen molar-refractivity contribution in [3.8, 4) is 0 Å². The fourth-order valence-corrected chi connectivity index (χ4v) is 5.64. The highest BCUT2D eigenvalue weighted by molar-refractivity contribution is 5.79. The van der Waals surface area contributed by atoms with Crippen LogP contribution in [0.4, 0.5) is 0 Å². The number of hydrogen-bond acceptors (Lipinski definition) is 2. The van der Waals surface area contributed by atoms with Crippen LogP contribution in [0.15, 0.2) is 30.3 Å². The molecule has 0 atom stereocenters. The van der Waals surface area contributed by atoms with Gasteiger partial charge in [-0.25, -0.2) is 0 Å². The standard InChI is InChI=1S/C20H28N2O/c1-22(12-14-5-3-2-4-6-14)13-21-20(23)19-17-8-15-7-16(10-17)11-18(19)9-15/h2-6,15-19H,7-13H2,1H3,(H,21,23). The lowest BCUT2D eigenvalue weighted by Crippen LogP contribution is -2.52. The van der Waals surface area contributed by atoms with E-state index in [2.05, 4.69) is 41.5 Å². The summed E-state index contributed by atoms with van der Waals surface area (Å²) in [6.45, 7) is 1.53. The lowest BCUT2D eigenvalue weighted by molar-refractivity contribution is -0.138. The summed E-state index contributed by atoms with van der Waals surface area (Å²) in [5.41, 5.74) is 1.29. The number of nitrogens with one attached hydrogen (secondary N) is 1. The molecule has 4 saturated carbocycles. The average molecular weight is 312 g/mol. The molecular formula is C20H28N2O. The van der Waals surface area contributed by atoms with Crippen LogP contribution in [0.1, 0.15) is 37.7 Å². The Morgan fingerprint density at radius 3 is 2.26 bits per heavy atom. The number of benzene rings is 1. The van der Waals surface area contributed by atoms with Crippen LogP contribution in [0.3, 0.4) is 0 Å². The number of carbonyl (C=O) groups is 1. The average Bonchev–Trinajstić information content (AvgIpc) is 2.53. The minimum atomic E-state index is 0.299. The Kier molecular flexibility index (Phi) is 4.14. The maximum absolute atomic E-state index is 12.8. The van der Waals surface area contributed by atoms with Crippen LogP contribution in [0.5, 0.6) is 0 Å². The van der Waals surface area contributed by atoms with Crippen LogP contribution < -0.4 is 5.32 Å². The van der Waals surface area contributed by atoms with E-state index in [1.165, 1.54) is 37.7 Å². The Labute approximate surface area is 139 Å². The van der Waals surface area contributed by atoms with Gasteiger partial charge in [0.05, 0.1) is 6.67 Å². The zero-order valence-electron chi connectivity index (χ0n) is 14.1. The molecule has 1 N–H and O–H groups in total. The Balaban J connectivity index is 1.30. The zero-order chi connectivity index (χ0) is 15.8. The normalized spacial score (nSPS) is 34.8. The van der Waals surface area contributed by atoms with Crippen LogP contribution >= 0.6 is 0 Å². The highest BCUT2D eigenvalue weighted by Crippen LogP contribution is 2.56. The molecule has 3 nitrogen and oxygen atoms in total. The Hall–Kier alpha value is -1.35. The third kappa shape index (κ3) is 3.16. The molecule has 0 aromatic heterocycles. The Morgan fingerprint density at radius 1 is 1.04 bits per heavy atom. The maximum Gasteiger partial charge on any atom is 0.224 e. The molecule has 124 valence electrons. The van der Waals surface area contributed by atoms with E-state index in [4.69, 9.17) is 0 Å². The van der Waals surface area contributed by atoms with Crippen molar-refractivity contribution < 1.29 is 4.79 Å². The van der Waals surface area contributed by atoms with Gasteiger partial charge in [-0.1, -0.05) is 30.3 Å². The van der Waals surface area contributed by atoms with Gasteiger partial charge >= 0.3 is 0 Å². The fraction of sp³-hybridized carbons (Fsp3) is 0.650. The summed E-state index contributed by atoms with van der Waals surface area (Å²) >= 11 is 0. The first-order chi connectivity index (χ1) is 11.2. The maximum atomic E-state index is 12.8. The first-order valence-corrected chi connectivity index (χ1v) is 9.19. The van der Waals surface area contributed by atoms with E-state index in [0.717, 1.165) is 18.4 Å². The molecule has 4 aliphatic rings. The second kappa shape index (κ2) is 6.27. The third-order valence-corrected chi connectivity index (χ3v) is 6.35. The van der Waals surface area contributed by atoms with Crippen molar-refractivity contribution in [3.63, 3.8) is 0 Å². The summed E-state index contributed by atoms with van der Waals surface area (Å²) in [5.74, 6) is 3.83. The predicted molar refractivity (Wildman–Crippen MR) is 91.5 cm³/mol. The van der Waals surface area contributed by atoms with Crippen LogP contribution in [0.2, 0.25) is 0 Å². The fourth-order valence-electron chi connectivity index (χ4n) is 5.64. The van der Waals surface area contributed by atoms with Gasteiger partial charge in [-0.3, -0.25) is 9.69 Å². The predicted octanol–water partition coefficient (Wildman–Crippen LogP) is 3.26. The summed E-state index contributed by atoms with van der Waals surface area (Å²) in [6, 6.07) is 10.4. The smallest absolute Gasteiger partial charge is 0.224 e. The number of nitrogens with zero attached hydrogens (tertiary/aromatic N) is 1. The van der Waals surface area contributed by atoms with Gasteiger partial charge in [0.15, 0.2) is 0 Å². The molecule has 5 rings (SSSR count). The second-order valence-electron chi connectivity index (χ2n) is 8.16. The van der Waals surface area contributed by atoms with Crippen LogP contribution in [-0.2, 0) is 11.3 Å². The molecule has 1 amide bonds. The Bertz CT molecular complexity index is 528. The van der Waals surface area contributed by atoms with Crippen molar-refractivity contribution in [2.24, 2.45) is 29.6 Å². The summed E-state index contributed by atoms with van der Waals surface area (Å²) in [5, 5.41) is 3.22. The van der Waals surface area contributed by atoms with E-state index in [0.29, 0.717) is 30.3 Å². The molecule has 0 saturated heterocycles. The van der Waals surface area contributed by atoms with E-state index in [1.54, 1.807) is 0 Å². The summed E-state index contributed by atoms with van der Waals surface area (Å²) in [6.07, 6.45) is 6.69. The van der Waals surface area contributed by atoms with E-state index in [-0.39, 0.29) is 0 Å². The van der Waals surface area contributed by atoms with Gasteiger partial charge in [-0.2, -0.15) is 0 Å². The molecule has 4 aliphatic carbocycles. The van der Waals surface area contributed by atoms with Crippen molar-refractivity contribution in [1.82, 2.24) is 10.2 Å². The van der Waals surface area contributed by atoms with E-state index >= 15 is 0 Å². The summed E-state index contributed by atoms with van der Waals surface area (Å²) < 4.78 is 0. The van der Waals surface area contributed by atoms with Crippen molar-refractivity contribution in [2.45, 2.75) is 38.6 Å². The van der Waals surface area contributed by atoms with Gasteiger partial charge in [0.1, 0.15) is 0 Å². The largest absolute Gasteiger partial charge is 0.343 e. The molecular weight excluding hydrogens is 284 g/mol. The van der Waals surface area contributed by atoms with Crippen molar-refractivity contribution >= 4 is 5.91 Å². The lowest BCUT2D eigenvalue weighted by atomic mass is 9.51. The van der Waals surface area contributed by atoms with Crippen LogP contribution in [0, 0.1) is 29.6 Å². The van der Waals surface area contributed by atoms with E-state index < -0.39 is 0 Å². The number of hydrogen-bond donors (Lipinski definition) is 1. The number of rotatable bonds is 5. The van der Waals surface area contributed by atoms with Crippen molar-refractivity contribution in [1.29, 1.82) is 0 Å². The SMILES string of the molecule is CN(CNC(=O)C1C2CC3CC(C2)CC1C3)Cc1ccccc1. The second-order valence-corrected chi connectivity index (χ2v) is 8.16. The minimum Gasteiger partial charge on any atom is -0.343 e. The molecule has 0 heterocycles. The van der Waals surface area contributed by atoms with Gasteiger partial charge in [0, 0.05) is 12.5 Å². The molecule has 0 aliphatic heterocycles. The van der Waals surface area contributed by atoms with Gasteiger partial charge in [-0.05, 0) is 68.4 Å². The summed E-state index contributed by atoms with van der Waals surface area (Å²) in [4.78, 5) is 14.9. The first-order valence-electron chi connectivity index (χ1n) is 9.19. The topological polar surface area (TPSA) is 32.3 Å². The third-order valence-electron chi connectivity index (χ3n) is 6.35. The Morgan fingerprint density at radius 2 is 1.65 bits per heavy atom. The van der Waals surface area contributed by atoms with E-state index in [9.17, 15) is 4.79 Å². The minimum absolute atomic E-state index is 0.299. The molecule has 0 radical (unpaired) electrons. The van der Waals surface area contributed by atoms with Crippen molar-refractivity contribution in [2.75, 3.05) is 13.7 Å². The molecule has 4 bridgehead atoms. The van der Waals surface area contributed by atoms with Crippen LogP contribution in [-0.4, -0.2) is 24.5 Å².